The number of nitrogens with zero attached hydrogens (tertiary/aromatic N) is 3. The van der Waals surface area contributed by atoms with E-state index >= 15 is 0 Å². The van der Waals surface area contributed by atoms with E-state index in [2.05, 4.69) is 15.3 Å². The number of esters is 1. The van der Waals surface area contributed by atoms with E-state index in [1.807, 2.05) is 13.8 Å². The Labute approximate surface area is 187 Å². The van der Waals surface area contributed by atoms with Gasteiger partial charge in [0.1, 0.15) is 16.3 Å². The summed E-state index contributed by atoms with van der Waals surface area (Å²) in [5, 5.41) is 3.63. The summed E-state index contributed by atoms with van der Waals surface area (Å²) in [5.74, 6) is -0.616. The minimum Gasteiger partial charge on any atom is -0.461 e. The van der Waals surface area contributed by atoms with Gasteiger partial charge in [0, 0.05) is 4.88 Å². The maximum absolute atomic E-state index is 13.0. The fraction of sp³-hybridized carbons (Fsp3) is 0.476. The van der Waals surface area contributed by atoms with Crippen molar-refractivity contribution in [2.45, 2.75) is 53.0 Å². The third-order valence-corrected chi connectivity index (χ3v) is 7.28. The monoisotopic (exact) mass is 460 g/mol. The summed E-state index contributed by atoms with van der Waals surface area (Å²) in [7, 11) is 0. The standard InChI is InChI=1S/C21H24N4O4S2/c1-11(2)9-29-20(28)17-12(3)23-21(31-17)24-15(26)8-25-10-22-18-16(19(25)27)13-6-4-5-7-14(13)30-18/h10-11H,4-9H2,1-3H3,(H,23,24,26). The van der Waals surface area contributed by atoms with Crippen LogP contribution >= 0.6 is 22.7 Å². The number of carbonyl (C=O) groups excluding carboxylic acids is 2. The van der Waals surface area contributed by atoms with Crippen LogP contribution < -0.4 is 10.9 Å². The predicted octanol–water partition coefficient (Wildman–Crippen LogP) is 3.55. The summed E-state index contributed by atoms with van der Waals surface area (Å²) in [6.45, 7) is 5.76. The van der Waals surface area contributed by atoms with Gasteiger partial charge in [-0.15, -0.1) is 11.3 Å². The summed E-state index contributed by atoms with van der Waals surface area (Å²) in [4.78, 5) is 48.8. The highest BCUT2D eigenvalue weighted by molar-refractivity contribution is 7.18. The largest absolute Gasteiger partial charge is 0.461 e. The Balaban J connectivity index is 1.49. The number of fused-ring (bicyclic) bond motifs is 3. The zero-order chi connectivity index (χ0) is 22.1. The van der Waals surface area contributed by atoms with Crippen LogP contribution in [0.25, 0.3) is 10.2 Å². The number of hydrogen-bond donors (Lipinski definition) is 1. The molecule has 8 nitrogen and oxygen atoms in total. The molecule has 3 aromatic heterocycles. The number of rotatable bonds is 6. The van der Waals surface area contributed by atoms with Gasteiger partial charge in [-0.05, 0) is 44.1 Å². The van der Waals surface area contributed by atoms with E-state index in [1.54, 1.807) is 18.3 Å². The molecule has 1 amide bonds. The fourth-order valence-corrected chi connectivity index (χ4v) is 5.65. The van der Waals surface area contributed by atoms with Gasteiger partial charge in [0.05, 0.1) is 24.0 Å². The first kappa shape index (κ1) is 21.6. The molecule has 10 heteroatoms. The number of amides is 1. The molecule has 0 fully saturated rings. The van der Waals surface area contributed by atoms with Crippen LogP contribution in [-0.4, -0.2) is 33.0 Å². The molecule has 0 aliphatic heterocycles. The lowest BCUT2D eigenvalue weighted by molar-refractivity contribution is -0.116. The molecule has 0 saturated carbocycles. The van der Waals surface area contributed by atoms with Crippen molar-refractivity contribution in [3.63, 3.8) is 0 Å². The van der Waals surface area contributed by atoms with Gasteiger partial charge in [-0.3, -0.25) is 14.2 Å². The third-order valence-electron chi connectivity index (χ3n) is 5.03. The van der Waals surface area contributed by atoms with E-state index in [-0.39, 0.29) is 18.0 Å². The molecule has 0 saturated heterocycles. The second-order valence-corrected chi connectivity index (χ2v) is 10.1. The number of ether oxygens (including phenoxy) is 1. The molecule has 0 radical (unpaired) electrons. The van der Waals surface area contributed by atoms with Crippen molar-refractivity contribution >= 4 is 49.9 Å². The zero-order valence-electron chi connectivity index (χ0n) is 17.7. The molecular weight excluding hydrogens is 436 g/mol. The maximum Gasteiger partial charge on any atom is 0.350 e. The average molecular weight is 461 g/mol. The first-order chi connectivity index (χ1) is 14.8. The molecule has 3 heterocycles. The first-order valence-electron chi connectivity index (χ1n) is 10.3. The summed E-state index contributed by atoms with van der Waals surface area (Å²) >= 11 is 2.65. The van der Waals surface area contributed by atoms with E-state index < -0.39 is 11.9 Å². The number of carbonyl (C=O) groups is 2. The SMILES string of the molecule is Cc1nc(NC(=O)Cn2cnc3sc4c(c3c2=O)CCCC4)sc1C(=O)OCC(C)C. The summed E-state index contributed by atoms with van der Waals surface area (Å²) in [6.07, 6.45) is 5.50. The molecule has 0 unspecified atom stereocenters. The van der Waals surface area contributed by atoms with Crippen molar-refractivity contribution in [1.82, 2.24) is 14.5 Å². The van der Waals surface area contributed by atoms with Crippen LogP contribution in [0.4, 0.5) is 5.13 Å². The van der Waals surface area contributed by atoms with Gasteiger partial charge in [0.25, 0.3) is 5.56 Å². The molecule has 164 valence electrons. The number of aromatic nitrogens is 3. The molecule has 0 aromatic carbocycles. The van der Waals surface area contributed by atoms with Gasteiger partial charge in [0.15, 0.2) is 5.13 Å². The number of thiophene rings is 1. The van der Waals surface area contributed by atoms with Crippen LogP contribution in [-0.2, 0) is 28.9 Å². The molecule has 0 bridgehead atoms. The van der Waals surface area contributed by atoms with Crippen molar-refractivity contribution in [3.05, 3.63) is 37.7 Å². The predicted molar refractivity (Wildman–Crippen MR) is 121 cm³/mol. The van der Waals surface area contributed by atoms with Gasteiger partial charge < -0.3 is 10.1 Å². The van der Waals surface area contributed by atoms with Gasteiger partial charge in [0.2, 0.25) is 5.91 Å². The maximum atomic E-state index is 13.0. The van der Waals surface area contributed by atoms with Crippen molar-refractivity contribution in [2.75, 3.05) is 11.9 Å². The van der Waals surface area contributed by atoms with Crippen LogP contribution in [0.15, 0.2) is 11.1 Å². The Morgan fingerprint density at radius 3 is 2.81 bits per heavy atom. The minimum atomic E-state index is -0.447. The van der Waals surface area contributed by atoms with Gasteiger partial charge in [-0.1, -0.05) is 25.2 Å². The zero-order valence-corrected chi connectivity index (χ0v) is 19.3. The molecule has 0 atom stereocenters. The lowest BCUT2D eigenvalue weighted by Gasteiger charge is -2.10. The van der Waals surface area contributed by atoms with E-state index in [4.69, 9.17) is 4.74 Å². The average Bonchev–Trinajstić information content (AvgIpc) is 3.28. The quantitative estimate of drug-likeness (QED) is 0.564. The summed E-state index contributed by atoms with van der Waals surface area (Å²) < 4.78 is 6.58. The van der Waals surface area contributed by atoms with Crippen molar-refractivity contribution in [3.8, 4) is 0 Å². The van der Waals surface area contributed by atoms with Crippen LogP contribution in [0, 0.1) is 12.8 Å². The molecular formula is C21H24N4O4S2. The van der Waals surface area contributed by atoms with E-state index in [0.717, 1.165) is 47.4 Å². The van der Waals surface area contributed by atoms with Crippen LogP contribution in [0.1, 0.15) is 52.5 Å². The minimum absolute atomic E-state index is 0.169. The smallest absolute Gasteiger partial charge is 0.350 e. The van der Waals surface area contributed by atoms with Gasteiger partial charge in [-0.25, -0.2) is 14.8 Å². The number of aryl methyl sites for hydroxylation is 3. The Morgan fingerprint density at radius 2 is 2.03 bits per heavy atom. The van der Waals surface area contributed by atoms with Crippen LogP contribution in [0.2, 0.25) is 0 Å². The van der Waals surface area contributed by atoms with Crippen molar-refractivity contribution in [1.29, 1.82) is 0 Å². The van der Waals surface area contributed by atoms with Crippen LogP contribution in [0.3, 0.4) is 0 Å². The van der Waals surface area contributed by atoms with E-state index in [9.17, 15) is 14.4 Å². The Bertz CT molecular complexity index is 1210. The molecule has 1 aliphatic rings. The number of hydrogen-bond acceptors (Lipinski definition) is 8. The lowest BCUT2D eigenvalue weighted by Crippen LogP contribution is -2.28. The van der Waals surface area contributed by atoms with Crippen LogP contribution in [0.5, 0.6) is 0 Å². The molecule has 31 heavy (non-hydrogen) atoms. The van der Waals surface area contributed by atoms with Gasteiger partial charge >= 0.3 is 5.97 Å². The highest BCUT2D eigenvalue weighted by Gasteiger charge is 2.21. The van der Waals surface area contributed by atoms with Crippen molar-refractivity contribution in [2.24, 2.45) is 5.92 Å². The van der Waals surface area contributed by atoms with Crippen molar-refractivity contribution < 1.29 is 14.3 Å². The summed E-state index contributed by atoms with van der Waals surface area (Å²) in [5.41, 5.74) is 1.41. The van der Waals surface area contributed by atoms with E-state index in [1.165, 1.54) is 15.8 Å². The second-order valence-electron chi connectivity index (χ2n) is 8.04. The number of anilines is 1. The Kier molecular flexibility index (Phi) is 6.19. The Morgan fingerprint density at radius 1 is 1.26 bits per heavy atom. The number of nitrogens with one attached hydrogen (secondary N) is 1. The summed E-state index contributed by atoms with van der Waals surface area (Å²) in [6, 6.07) is 0. The molecule has 1 N–H and O–H groups in total. The highest BCUT2D eigenvalue weighted by Crippen LogP contribution is 2.33. The molecule has 3 aromatic rings. The normalized spacial score (nSPS) is 13.4. The topological polar surface area (TPSA) is 103 Å². The second kappa shape index (κ2) is 8.88. The first-order valence-corrected chi connectivity index (χ1v) is 11.9. The molecule has 1 aliphatic carbocycles. The fourth-order valence-electron chi connectivity index (χ4n) is 3.55. The molecule has 0 spiro atoms. The van der Waals surface area contributed by atoms with Gasteiger partial charge in [-0.2, -0.15) is 0 Å². The lowest BCUT2D eigenvalue weighted by atomic mass is 9.97. The third kappa shape index (κ3) is 4.54. The Hall–Kier alpha value is -2.59. The highest BCUT2D eigenvalue weighted by atomic mass is 32.1. The van der Waals surface area contributed by atoms with E-state index in [0.29, 0.717) is 27.7 Å². The molecule has 4 rings (SSSR count). The number of thiazole rings is 1.